The molecule has 0 atom stereocenters. The molecule has 0 fully saturated rings. The Kier molecular flexibility index (Phi) is 5.77. The SMILES string of the molecule is COc1cccc(-c2noc(COC(=O)C(O)(c3ccccc3)c3ccccc3)n2)c1. The third kappa shape index (κ3) is 4.17. The van der Waals surface area contributed by atoms with E-state index in [1.807, 2.05) is 12.1 Å². The largest absolute Gasteiger partial charge is 0.497 e. The van der Waals surface area contributed by atoms with Crippen molar-refractivity contribution in [3.8, 4) is 17.1 Å². The molecule has 7 heteroatoms. The van der Waals surface area contributed by atoms with Gasteiger partial charge in [-0.05, 0) is 23.3 Å². The summed E-state index contributed by atoms with van der Waals surface area (Å²) in [4.78, 5) is 17.3. The van der Waals surface area contributed by atoms with Gasteiger partial charge in [0.15, 0.2) is 6.61 Å². The first-order chi connectivity index (χ1) is 15.1. The van der Waals surface area contributed by atoms with Gasteiger partial charge in [0.2, 0.25) is 11.4 Å². The Balaban J connectivity index is 1.55. The number of aromatic nitrogens is 2. The Morgan fingerprint density at radius 3 is 2.23 bits per heavy atom. The number of benzene rings is 3. The van der Waals surface area contributed by atoms with Gasteiger partial charge in [-0.15, -0.1) is 0 Å². The number of rotatable bonds is 7. The number of methoxy groups -OCH3 is 1. The van der Waals surface area contributed by atoms with Crippen molar-refractivity contribution in [2.24, 2.45) is 0 Å². The average molecular weight is 416 g/mol. The van der Waals surface area contributed by atoms with Gasteiger partial charge in [0.1, 0.15) is 5.75 Å². The maximum Gasteiger partial charge on any atom is 0.348 e. The van der Waals surface area contributed by atoms with Gasteiger partial charge in [-0.25, -0.2) is 4.79 Å². The van der Waals surface area contributed by atoms with Gasteiger partial charge in [0.25, 0.3) is 5.89 Å². The summed E-state index contributed by atoms with van der Waals surface area (Å²) < 4.78 is 15.8. The average Bonchev–Trinajstić information content (AvgIpc) is 3.32. The number of ether oxygens (including phenoxy) is 2. The van der Waals surface area contributed by atoms with E-state index in [0.29, 0.717) is 28.3 Å². The van der Waals surface area contributed by atoms with Crippen LogP contribution in [0.1, 0.15) is 17.0 Å². The van der Waals surface area contributed by atoms with Crippen LogP contribution in [0, 0.1) is 0 Å². The first kappa shape index (κ1) is 20.3. The number of carbonyl (C=O) groups is 1. The predicted octanol–water partition coefficient (Wildman–Crippen LogP) is 3.72. The normalized spacial score (nSPS) is 11.2. The van der Waals surface area contributed by atoms with E-state index in [4.69, 9.17) is 14.0 Å². The van der Waals surface area contributed by atoms with E-state index in [9.17, 15) is 9.90 Å². The number of nitrogens with zero attached hydrogens (tertiary/aromatic N) is 2. The molecule has 0 spiro atoms. The highest BCUT2D eigenvalue weighted by atomic mass is 16.6. The molecule has 0 saturated carbocycles. The quantitative estimate of drug-likeness (QED) is 0.459. The summed E-state index contributed by atoms with van der Waals surface area (Å²) in [6.45, 7) is -0.280. The summed E-state index contributed by atoms with van der Waals surface area (Å²) >= 11 is 0. The summed E-state index contributed by atoms with van der Waals surface area (Å²) in [6.07, 6.45) is 0. The molecule has 0 aliphatic rings. The fourth-order valence-electron chi connectivity index (χ4n) is 3.19. The highest BCUT2D eigenvalue weighted by Crippen LogP contribution is 2.31. The zero-order valence-corrected chi connectivity index (χ0v) is 16.8. The summed E-state index contributed by atoms with van der Waals surface area (Å²) in [6, 6.07) is 24.5. The minimum absolute atomic E-state index is 0.106. The Morgan fingerprint density at radius 1 is 0.968 bits per heavy atom. The van der Waals surface area contributed by atoms with Crippen LogP contribution in [0.2, 0.25) is 0 Å². The van der Waals surface area contributed by atoms with Gasteiger partial charge in [-0.2, -0.15) is 4.98 Å². The van der Waals surface area contributed by atoms with Crippen molar-refractivity contribution in [1.29, 1.82) is 0 Å². The van der Waals surface area contributed by atoms with Gasteiger partial charge in [-0.1, -0.05) is 78.0 Å². The van der Waals surface area contributed by atoms with E-state index < -0.39 is 11.6 Å². The lowest BCUT2D eigenvalue weighted by Crippen LogP contribution is -2.38. The Hall–Kier alpha value is -3.97. The van der Waals surface area contributed by atoms with Crippen LogP contribution in [0.5, 0.6) is 5.75 Å². The number of carbonyl (C=O) groups excluding carboxylic acids is 1. The van der Waals surface area contributed by atoms with Crippen molar-refractivity contribution in [1.82, 2.24) is 10.1 Å². The van der Waals surface area contributed by atoms with Gasteiger partial charge < -0.3 is 19.1 Å². The molecule has 0 saturated heterocycles. The lowest BCUT2D eigenvalue weighted by Gasteiger charge is -2.26. The Bertz CT molecular complexity index is 1120. The first-order valence-corrected chi connectivity index (χ1v) is 9.59. The maximum atomic E-state index is 13.0. The smallest absolute Gasteiger partial charge is 0.348 e. The summed E-state index contributed by atoms with van der Waals surface area (Å²) in [5.74, 6) is 0.262. The van der Waals surface area contributed by atoms with E-state index in [-0.39, 0.29) is 12.5 Å². The maximum absolute atomic E-state index is 13.0. The second kappa shape index (κ2) is 8.81. The van der Waals surface area contributed by atoms with Crippen LogP contribution in [0.3, 0.4) is 0 Å². The standard InChI is InChI=1S/C24H20N2O5/c1-29-20-14-8-9-17(15-20)22-25-21(31-26-22)16-30-23(27)24(28,18-10-4-2-5-11-18)19-12-6-3-7-13-19/h2-15,28H,16H2,1H3. The number of hydrogen-bond acceptors (Lipinski definition) is 7. The lowest BCUT2D eigenvalue weighted by atomic mass is 9.86. The van der Waals surface area contributed by atoms with Crippen molar-refractivity contribution in [2.45, 2.75) is 12.2 Å². The molecule has 0 aliphatic carbocycles. The van der Waals surface area contributed by atoms with E-state index in [0.717, 1.165) is 0 Å². The van der Waals surface area contributed by atoms with Crippen LogP contribution >= 0.6 is 0 Å². The molecule has 1 heterocycles. The monoisotopic (exact) mass is 416 g/mol. The van der Waals surface area contributed by atoms with Gasteiger partial charge in [-0.3, -0.25) is 0 Å². The van der Waals surface area contributed by atoms with Crippen LogP contribution in [-0.4, -0.2) is 28.3 Å². The van der Waals surface area contributed by atoms with E-state index in [1.165, 1.54) is 0 Å². The predicted molar refractivity (Wildman–Crippen MR) is 112 cm³/mol. The molecule has 0 radical (unpaired) electrons. The van der Waals surface area contributed by atoms with Crippen molar-refractivity contribution in [3.05, 3.63) is 102 Å². The molecule has 3 aromatic carbocycles. The molecule has 156 valence electrons. The lowest BCUT2D eigenvalue weighted by molar-refractivity contribution is -0.164. The van der Waals surface area contributed by atoms with E-state index in [1.54, 1.807) is 79.9 Å². The Morgan fingerprint density at radius 2 is 1.61 bits per heavy atom. The van der Waals surface area contributed by atoms with Crippen LogP contribution < -0.4 is 4.74 Å². The zero-order valence-electron chi connectivity index (χ0n) is 16.8. The third-order valence-corrected chi connectivity index (χ3v) is 4.80. The second-order valence-electron chi connectivity index (χ2n) is 6.76. The fraction of sp³-hybridized carbons (Fsp3) is 0.125. The molecule has 0 aliphatic heterocycles. The van der Waals surface area contributed by atoms with Crippen molar-refractivity contribution < 1.29 is 23.9 Å². The molecule has 1 aromatic heterocycles. The van der Waals surface area contributed by atoms with Crippen LogP contribution in [0.15, 0.2) is 89.5 Å². The van der Waals surface area contributed by atoms with Crippen LogP contribution in [0.25, 0.3) is 11.4 Å². The molecule has 7 nitrogen and oxygen atoms in total. The number of aliphatic hydroxyl groups is 1. The summed E-state index contributed by atoms with van der Waals surface area (Å²) in [5.41, 5.74) is -0.480. The molecule has 0 bridgehead atoms. The van der Waals surface area contributed by atoms with Crippen molar-refractivity contribution in [2.75, 3.05) is 7.11 Å². The molecule has 4 aromatic rings. The van der Waals surface area contributed by atoms with E-state index in [2.05, 4.69) is 10.1 Å². The van der Waals surface area contributed by atoms with Gasteiger partial charge >= 0.3 is 5.97 Å². The number of esters is 1. The topological polar surface area (TPSA) is 94.7 Å². The summed E-state index contributed by atoms with van der Waals surface area (Å²) in [5, 5.41) is 15.3. The minimum atomic E-state index is -1.97. The van der Waals surface area contributed by atoms with Crippen LogP contribution in [-0.2, 0) is 21.7 Å². The molecular formula is C24H20N2O5. The van der Waals surface area contributed by atoms with Crippen LogP contribution in [0.4, 0.5) is 0 Å². The highest BCUT2D eigenvalue weighted by molar-refractivity contribution is 5.85. The third-order valence-electron chi connectivity index (χ3n) is 4.80. The van der Waals surface area contributed by atoms with Crippen molar-refractivity contribution >= 4 is 5.97 Å². The molecular weight excluding hydrogens is 396 g/mol. The molecule has 0 unspecified atom stereocenters. The summed E-state index contributed by atoms with van der Waals surface area (Å²) in [7, 11) is 1.57. The van der Waals surface area contributed by atoms with Gasteiger partial charge in [0, 0.05) is 5.56 Å². The van der Waals surface area contributed by atoms with Crippen molar-refractivity contribution in [3.63, 3.8) is 0 Å². The zero-order chi connectivity index (χ0) is 21.7. The second-order valence-corrected chi connectivity index (χ2v) is 6.76. The number of hydrogen-bond donors (Lipinski definition) is 1. The molecule has 0 amide bonds. The van der Waals surface area contributed by atoms with Gasteiger partial charge in [0.05, 0.1) is 7.11 Å². The minimum Gasteiger partial charge on any atom is -0.497 e. The molecule has 31 heavy (non-hydrogen) atoms. The Labute approximate surface area is 178 Å². The first-order valence-electron chi connectivity index (χ1n) is 9.59. The van der Waals surface area contributed by atoms with E-state index >= 15 is 0 Å². The molecule has 1 N–H and O–H groups in total. The molecule has 4 rings (SSSR count). The fourth-order valence-corrected chi connectivity index (χ4v) is 3.19. The highest BCUT2D eigenvalue weighted by Gasteiger charge is 2.41.